The number of hydrogen-bond donors (Lipinski definition) is 0. The molecule has 0 spiro atoms. The maximum Gasteiger partial charge on any atom is 0.328 e. The van der Waals surface area contributed by atoms with Crippen molar-refractivity contribution in [1.29, 1.82) is 0 Å². The number of halogens is 2. The van der Waals surface area contributed by atoms with Crippen LogP contribution >= 0.6 is 0 Å². The van der Waals surface area contributed by atoms with E-state index >= 15 is 0 Å². The Bertz CT molecular complexity index is 750. The molecule has 2 aromatic carbocycles. The quantitative estimate of drug-likeness (QED) is 0.751. The molecule has 132 valence electrons. The maximum absolute atomic E-state index is 14.0. The van der Waals surface area contributed by atoms with Crippen LogP contribution in [-0.2, 0) is 16.1 Å². The number of nitrogens with zero attached hydrogens (tertiary/aromatic N) is 1. The van der Waals surface area contributed by atoms with Gasteiger partial charge in [-0.2, -0.15) is 0 Å². The molecule has 0 bridgehead atoms. The number of carbonyl (C=O) groups excluding carboxylic acids is 2. The summed E-state index contributed by atoms with van der Waals surface area (Å²) in [6.07, 6.45) is 0. The molecule has 0 radical (unpaired) electrons. The van der Waals surface area contributed by atoms with Crippen LogP contribution in [0.3, 0.4) is 0 Å². The normalized spacial score (nSPS) is 11.7. The number of rotatable bonds is 6. The third-order valence-corrected chi connectivity index (χ3v) is 3.71. The second-order valence-electron chi connectivity index (χ2n) is 5.47. The van der Waals surface area contributed by atoms with Gasteiger partial charge in [-0.1, -0.05) is 30.3 Å². The van der Waals surface area contributed by atoms with Gasteiger partial charge in [-0.05, 0) is 31.5 Å². The van der Waals surface area contributed by atoms with Crippen LogP contribution in [0.25, 0.3) is 0 Å². The van der Waals surface area contributed by atoms with Gasteiger partial charge in [0.05, 0.1) is 12.2 Å². The largest absolute Gasteiger partial charge is 0.464 e. The Labute approximate surface area is 145 Å². The molecule has 0 fully saturated rings. The van der Waals surface area contributed by atoms with Gasteiger partial charge in [0.2, 0.25) is 0 Å². The third-order valence-electron chi connectivity index (χ3n) is 3.71. The maximum atomic E-state index is 14.0. The summed E-state index contributed by atoms with van der Waals surface area (Å²) in [5.41, 5.74) is 0.475. The second-order valence-corrected chi connectivity index (χ2v) is 5.47. The van der Waals surface area contributed by atoms with Gasteiger partial charge in [0.25, 0.3) is 5.91 Å². The first-order valence-corrected chi connectivity index (χ1v) is 7.90. The summed E-state index contributed by atoms with van der Waals surface area (Å²) in [6.45, 7) is 3.44. The lowest BCUT2D eigenvalue weighted by Gasteiger charge is -2.28. The van der Waals surface area contributed by atoms with Gasteiger partial charge in [-0.15, -0.1) is 0 Å². The lowest BCUT2D eigenvalue weighted by Crippen LogP contribution is -2.44. The van der Waals surface area contributed by atoms with E-state index in [4.69, 9.17) is 4.74 Å². The van der Waals surface area contributed by atoms with Crippen LogP contribution < -0.4 is 0 Å². The van der Waals surface area contributed by atoms with Crippen molar-refractivity contribution >= 4 is 11.9 Å². The van der Waals surface area contributed by atoms with Crippen molar-refractivity contribution in [1.82, 2.24) is 4.90 Å². The Morgan fingerprint density at radius 2 is 1.80 bits per heavy atom. The lowest BCUT2D eigenvalue weighted by molar-refractivity contribution is -0.148. The van der Waals surface area contributed by atoms with Gasteiger partial charge in [0.1, 0.15) is 17.7 Å². The molecule has 0 aromatic heterocycles. The summed E-state index contributed by atoms with van der Waals surface area (Å²) in [6, 6.07) is 10.8. The molecule has 0 saturated carbocycles. The molecule has 0 aliphatic carbocycles. The van der Waals surface area contributed by atoms with Crippen molar-refractivity contribution in [2.24, 2.45) is 0 Å². The van der Waals surface area contributed by atoms with Gasteiger partial charge in [-0.25, -0.2) is 13.6 Å². The van der Waals surface area contributed by atoms with Gasteiger partial charge in [-0.3, -0.25) is 4.79 Å². The van der Waals surface area contributed by atoms with Gasteiger partial charge >= 0.3 is 5.97 Å². The molecule has 1 atom stereocenters. The Hall–Kier alpha value is -2.76. The van der Waals surface area contributed by atoms with E-state index in [0.29, 0.717) is 6.07 Å². The topological polar surface area (TPSA) is 46.6 Å². The molecule has 2 aromatic rings. The minimum atomic E-state index is -0.973. The molecule has 0 aliphatic rings. The van der Waals surface area contributed by atoms with Crippen molar-refractivity contribution < 1.29 is 23.1 Å². The monoisotopic (exact) mass is 347 g/mol. The Morgan fingerprint density at radius 1 is 1.12 bits per heavy atom. The average molecular weight is 347 g/mol. The number of amides is 1. The van der Waals surface area contributed by atoms with Crippen molar-refractivity contribution in [3.05, 3.63) is 71.3 Å². The van der Waals surface area contributed by atoms with Crippen LogP contribution in [0.2, 0.25) is 0 Å². The average Bonchev–Trinajstić information content (AvgIpc) is 2.59. The van der Waals surface area contributed by atoms with Gasteiger partial charge < -0.3 is 9.64 Å². The summed E-state index contributed by atoms with van der Waals surface area (Å²) >= 11 is 0. The van der Waals surface area contributed by atoms with E-state index in [-0.39, 0.29) is 18.7 Å². The Morgan fingerprint density at radius 3 is 2.40 bits per heavy atom. The molecule has 1 amide bonds. The van der Waals surface area contributed by atoms with Crippen LogP contribution in [-0.4, -0.2) is 29.4 Å². The number of ether oxygens (including phenoxy) is 1. The number of carbonyl (C=O) groups is 2. The minimum Gasteiger partial charge on any atom is -0.464 e. The molecule has 25 heavy (non-hydrogen) atoms. The summed E-state index contributed by atoms with van der Waals surface area (Å²) in [4.78, 5) is 26.1. The summed E-state index contributed by atoms with van der Waals surface area (Å²) in [5.74, 6) is -3.04. The highest BCUT2D eigenvalue weighted by Crippen LogP contribution is 2.17. The predicted molar refractivity (Wildman–Crippen MR) is 88.8 cm³/mol. The molecular formula is C19H19F2NO3. The van der Waals surface area contributed by atoms with E-state index in [9.17, 15) is 18.4 Å². The fraction of sp³-hybridized carbons (Fsp3) is 0.263. The Kier molecular flexibility index (Phi) is 6.22. The first kappa shape index (κ1) is 18.6. The summed E-state index contributed by atoms with van der Waals surface area (Å²) in [7, 11) is 0. The van der Waals surface area contributed by atoms with E-state index in [1.807, 2.05) is 6.07 Å². The summed E-state index contributed by atoms with van der Waals surface area (Å²) in [5, 5.41) is 0. The zero-order chi connectivity index (χ0) is 18.4. The van der Waals surface area contributed by atoms with Crippen molar-refractivity contribution in [2.75, 3.05) is 6.61 Å². The highest BCUT2D eigenvalue weighted by Gasteiger charge is 2.29. The van der Waals surface area contributed by atoms with Crippen LogP contribution in [0, 0.1) is 11.6 Å². The summed E-state index contributed by atoms with van der Waals surface area (Å²) < 4.78 is 32.1. The molecule has 2 rings (SSSR count). The molecular weight excluding hydrogens is 328 g/mol. The SMILES string of the molecule is CCOC(=O)C(C)N(Cc1ccccc1)C(=O)c1ccc(F)cc1F. The van der Waals surface area contributed by atoms with Crippen LogP contribution in [0.1, 0.15) is 29.8 Å². The third kappa shape index (κ3) is 4.62. The van der Waals surface area contributed by atoms with Crippen molar-refractivity contribution in [3.8, 4) is 0 Å². The number of benzene rings is 2. The second kappa shape index (κ2) is 8.37. The fourth-order valence-electron chi connectivity index (χ4n) is 2.37. The fourth-order valence-corrected chi connectivity index (χ4v) is 2.37. The molecule has 1 unspecified atom stereocenters. The molecule has 0 heterocycles. The highest BCUT2D eigenvalue weighted by molar-refractivity contribution is 5.97. The van der Waals surface area contributed by atoms with Crippen LogP contribution in [0.5, 0.6) is 0 Å². The van der Waals surface area contributed by atoms with Crippen molar-refractivity contribution in [2.45, 2.75) is 26.4 Å². The Balaban J connectivity index is 2.35. The van der Waals surface area contributed by atoms with Crippen molar-refractivity contribution in [3.63, 3.8) is 0 Å². The van der Waals surface area contributed by atoms with E-state index < -0.39 is 29.6 Å². The lowest BCUT2D eigenvalue weighted by atomic mass is 10.1. The molecule has 6 heteroatoms. The highest BCUT2D eigenvalue weighted by atomic mass is 19.1. The standard InChI is InChI=1S/C19H19F2NO3/c1-3-25-19(24)13(2)22(12-14-7-5-4-6-8-14)18(23)16-10-9-15(20)11-17(16)21/h4-11,13H,3,12H2,1-2H3. The first-order valence-electron chi connectivity index (χ1n) is 7.90. The van der Waals surface area contributed by atoms with Crippen LogP contribution in [0.15, 0.2) is 48.5 Å². The zero-order valence-electron chi connectivity index (χ0n) is 14.0. The van der Waals surface area contributed by atoms with Crippen LogP contribution in [0.4, 0.5) is 8.78 Å². The van der Waals surface area contributed by atoms with E-state index in [0.717, 1.165) is 17.7 Å². The smallest absolute Gasteiger partial charge is 0.328 e. The van der Waals surface area contributed by atoms with E-state index in [1.165, 1.54) is 11.8 Å². The molecule has 0 N–H and O–H groups in total. The number of esters is 1. The van der Waals surface area contributed by atoms with Gasteiger partial charge in [0, 0.05) is 12.6 Å². The number of hydrogen-bond acceptors (Lipinski definition) is 3. The minimum absolute atomic E-state index is 0.0937. The predicted octanol–water partition coefficient (Wildman–Crippen LogP) is 3.56. The van der Waals surface area contributed by atoms with E-state index in [1.54, 1.807) is 31.2 Å². The first-order chi connectivity index (χ1) is 11.9. The molecule has 0 aliphatic heterocycles. The molecule has 4 nitrogen and oxygen atoms in total. The zero-order valence-corrected chi connectivity index (χ0v) is 14.0. The molecule has 0 saturated heterocycles. The van der Waals surface area contributed by atoms with E-state index in [2.05, 4.69) is 0 Å². The van der Waals surface area contributed by atoms with Gasteiger partial charge in [0.15, 0.2) is 0 Å².